The molecule has 1 aliphatic carbocycles. The second-order valence-electron chi connectivity index (χ2n) is 8.98. The molecule has 1 aliphatic rings. The van der Waals surface area contributed by atoms with Crippen LogP contribution in [0.25, 0.3) is 11.0 Å². The molecule has 8 nitrogen and oxygen atoms in total. The standard InChI is InChI=1S/C24H34N7OS/c1-4-11-30-33(32,13-10-20-15-26-18(2)14-27-20)16-19-5-7-21(8-6-19)31(3)24-22-9-12-25-23(22)28-17-29-24/h9,12,14-15,17,19,21H,3-8,10-11,13,16H2,1-2H3,(H,25,28,29)/q+1. The summed E-state index contributed by atoms with van der Waals surface area (Å²) >= 11 is 0. The van der Waals surface area contributed by atoms with Crippen molar-refractivity contribution in [3.63, 3.8) is 0 Å². The number of fused-ring (bicyclic) bond motifs is 1. The largest absolute Gasteiger partial charge is 0.346 e. The highest BCUT2D eigenvalue weighted by Crippen LogP contribution is 2.31. The van der Waals surface area contributed by atoms with E-state index in [4.69, 9.17) is 0 Å². The van der Waals surface area contributed by atoms with Crippen molar-refractivity contribution in [1.29, 1.82) is 0 Å². The molecule has 1 fully saturated rings. The van der Waals surface area contributed by atoms with Gasteiger partial charge in [0.2, 0.25) is 6.33 Å². The van der Waals surface area contributed by atoms with Gasteiger partial charge in [-0.2, -0.15) is 4.98 Å². The second kappa shape index (κ2) is 10.5. The van der Waals surface area contributed by atoms with Gasteiger partial charge in [0.1, 0.15) is 17.1 Å². The number of nitrogens with zero attached hydrogens (tertiary/aromatic N) is 6. The number of hydrogen-bond acceptors (Lipinski definition) is 6. The molecule has 176 valence electrons. The van der Waals surface area contributed by atoms with Crippen LogP contribution in [0.15, 0.2) is 35.3 Å². The van der Waals surface area contributed by atoms with Crippen LogP contribution in [0, 0.1) is 12.8 Å². The van der Waals surface area contributed by atoms with Crippen molar-refractivity contribution in [2.45, 2.75) is 58.4 Å². The second-order valence-corrected chi connectivity index (χ2v) is 11.5. The number of rotatable bonds is 9. The molecule has 0 bridgehead atoms. The minimum absolute atomic E-state index is 0.320. The first-order chi connectivity index (χ1) is 16.0. The van der Waals surface area contributed by atoms with Gasteiger partial charge in [-0.05, 0) is 56.0 Å². The van der Waals surface area contributed by atoms with Crippen LogP contribution in [0.2, 0.25) is 0 Å². The van der Waals surface area contributed by atoms with Crippen molar-refractivity contribution < 1.29 is 8.78 Å². The topological polar surface area (TPSA) is 99.8 Å². The fourth-order valence-corrected chi connectivity index (χ4v) is 7.04. The van der Waals surface area contributed by atoms with E-state index in [0.717, 1.165) is 60.3 Å². The molecular weight excluding hydrogens is 434 g/mol. The van der Waals surface area contributed by atoms with Crippen LogP contribution in [-0.2, 0) is 16.1 Å². The molecule has 33 heavy (non-hydrogen) atoms. The Labute approximate surface area is 196 Å². The summed E-state index contributed by atoms with van der Waals surface area (Å²) in [7, 11) is -2.27. The third kappa shape index (κ3) is 5.82. The summed E-state index contributed by atoms with van der Waals surface area (Å²) in [6.07, 6.45) is 12.7. The van der Waals surface area contributed by atoms with Gasteiger partial charge in [0.05, 0.1) is 18.1 Å². The SMILES string of the molecule is C=[N+](c1ncnc2[nH]ccc12)C1CCC(CS(=O)(CCc2cnc(C)cn2)=NCCC)CC1. The number of nitrogens with one attached hydrogen (secondary N) is 1. The van der Waals surface area contributed by atoms with E-state index in [1.54, 1.807) is 18.7 Å². The number of H-pyrrole nitrogens is 1. The summed E-state index contributed by atoms with van der Waals surface area (Å²) in [5.74, 6) is 2.51. The van der Waals surface area contributed by atoms with Crippen LogP contribution >= 0.6 is 0 Å². The van der Waals surface area contributed by atoms with Crippen molar-refractivity contribution in [3.8, 4) is 0 Å². The molecule has 1 atom stereocenters. The fourth-order valence-electron chi connectivity index (χ4n) is 4.52. The number of hydrogen-bond donors (Lipinski definition) is 1. The summed E-state index contributed by atoms with van der Waals surface area (Å²) in [6.45, 7) is 8.97. The molecule has 0 aliphatic heterocycles. The van der Waals surface area contributed by atoms with Gasteiger partial charge in [-0.15, -0.1) is 0 Å². The molecular formula is C24H34N7OS+. The maximum absolute atomic E-state index is 13.7. The predicted octanol–water partition coefficient (Wildman–Crippen LogP) is 4.08. The Morgan fingerprint density at radius 2 is 2.00 bits per heavy atom. The van der Waals surface area contributed by atoms with E-state index in [2.05, 4.69) is 42.9 Å². The van der Waals surface area contributed by atoms with Crippen LogP contribution < -0.4 is 0 Å². The van der Waals surface area contributed by atoms with E-state index in [-0.39, 0.29) is 0 Å². The van der Waals surface area contributed by atoms with Crippen LogP contribution in [0.4, 0.5) is 5.82 Å². The Morgan fingerprint density at radius 3 is 2.73 bits per heavy atom. The van der Waals surface area contributed by atoms with Gasteiger partial charge in [-0.3, -0.25) is 9.97 Å². The highest BCUT2D eigenvalue weighted by Gasteiger charge is 2.30. The molecule has 3 aromatic rings. The van der Waals surface area contributed by atoms with Crippen molar-refractivity contribution in [2.24, 2.45) is 10.3 Å². The van der Waals surface area contributed by atoms with Crippen LogP contribution in [0.1, 0.15) is 50.4 Å². The minimum Gasteiger partial charge on any atom is -0.346 e. The lowest BCUT2D eigenvalue weighted by Crippen LogP contribution is -2.31. The number of aromatic amines is 1. The molecule has 0 saturated heterocycles. The van der Waals surface area contributed by atoms with Crippen LogP contribution in [0.3, 0.4) is 0 Å². The van der Waals surface area contributed by atoms with Crippen LogP contribution in [0.5, 0.6) is 0 Å². The van der Waals surface area contributed by atoms with E-state index >= 15 is 0 Å². The summed E-state index contributed by atoms with van der Waals surface area (Å²) in [4.78, 5) is 20.6. The Morgan fingerprint density at radius 1 is 1.18 bits per heavy atom. The zero-order valence-electron chi connectivity index (χ0n) is 19.6. The first-order valence-electron chi connectivity index (χ1n) is 11.8. The van der Waals surface area contributed by atoms with Gasteiger partial charge in [0.25, 0.3) is 0 Å². The zero-order chi connectivity index (χ0) is 23.3. The average Bonchev–Trinajstić information content (AvgIpc) is 3.32. The summed E-state index contributed by atoms with van der Waals surface area (Å²) < 4.78 is 20.5. The van der Waals surface area contributed by atoms with Crippen molar-refractivity contribution >= 4 is 33.3 Å². The Balaban J connectivity index is 1.38. The van der Waals surface area contributed by atoms with E-state index in [0.29, 0.717) is 36.4 Å². The summed E-state index contributed by atoms with van der Waals surface area (Å²) in [5, 5.41) is 0.996. The lowest BCUT2D eigenvalue weighted by atomic mass is 9.87. The van der Waals surface area contributed by atoms with E-state index < -0.39 is 9.73 Å². The third-order valence-electron chi connectivity index (χ3n) is 6.42. The summed E-state index contributed by atoms with van der Waals surface area (Å²) in [6, 6.07) is 2.32. The van der Waals surface area contributed by atoms with E-state index in [1.165, 1.54) is 0 Å². The minimum atomic E-state index is -2.27. The highest BCUT2D eigenvalue weighted by molar-refractivity contribution is 7.93. The molecule has 3 heterocycles. The zero-order valence-corrected chi connectivity index (χ0v) is 20.4. The normalized spacial score (nSPS) is 20.4. The Bertz CT molecular complexity index is 1200. The van der Waals surface area contributed by atoms with Gasteiger partial charge in [0.15, 0.2) is 0 Å². The molecule has 9 heteroatoms. The van der Waals surface area contributed by atoms with E-state index in [1.807, 2.05) is 23.8 Å². The van der Waals surface area contributed by atoms with Crippen LogP contribution in [-0.4, -0.2) is 64.5 Å². The lowest BCUT2D eigenvalue weighted by molar-refractivity contribution is -0.484. The molecule has 0 amide bonds. The maximum atomic E-state index is 13.7. The Hall–Kier alpha value is -2.68. The van der Waals surface area contributed by atoms with Gasteiger partial charge in [0, 0.05) is 52.8 Å². The third-order valence-corrected chi connectivity index (χ3v) is 8.91. The van der Waals surface area contributed by atoms with E-state index in [9.17, 15) is 4.21 Å². The maximum Gasteiger partial charge on any atom is 0.335 e. The lowest BCUT2D eigenvalue weighted by Gasteiger charge is -2.28. The smallest absolute Gasteiger partial charge is 0.335 e. The quantitative estimate of drug-likeness (QED) is 0.377. The van der Waals surface area contributed by atoms with Crippen molar-refractivity contribution in [3.05, 3.63) is 42.4 Å². The van der Waals surface area contributed by atoms with Gasteiger partial charge >= 0.3 is 5.82 Å². The monoisotopic (exact) mass is 468 g/mol. The van der Waals surface area contributed by atoms with Gasteiger partial charge in [-0.1, -0.05) is 6.92 Å². The first-order valence-corrected chi connectivity index (χ1v) is 13.7. The molecule has 4 rings (SSSR count). The molecule has 1 saturated carbocycles. The summed E-state index contributed by atoms with van der Waals surface area (Å²) in [5.41, 5.74) is 2.61. The molecule has 1 unspecified atom stereocenters. The molecule has 3 aromatic heterocycles. The molecule has 0 radical (unpaired) electrons. The molecule has 1 N–H and O–H groups in total. The number of aromatic nitrogens is 5. The molecule has 0 spiro atoms. The molecule has 0 aromatic carbocycles. The average molecular weight is 469 g/mol. The fraction of sp³-hybridized carbons (Fsp3) is 0.542. The predicted molar refractivity (Wildman–Crippen MR) is 133 cm³/mol. The highest BCUT2D eigenvalue weighted by atomic mass is 32.2. The van der Waals surface area contributed by atoms with Crippen molar-refractivity contribution in [2.75, 3.05) is 18.1 Å². The number of aryl methyl sites for hydroxylation is 2. The first kappa shape index (κ1) is 23.5. The Kier molecular flexibility index (Phi) is 7.47. The van der Waals surface area contributed by atoms with Gasteiger partial charge in [-0.25, -0.2) is 13.1 Å². The van der Waals surface area contributed by atoms with Crippen molar-refractivity contribution in [1.82, 2.24) is 24.9 Å². The van der Waals surface area contributed by atoms with Gasteiger partial charge < -0.3 is 4.98 Å².